The minimum Gasteiger partial charge on any atom is -0.398 e. The van der Waals surface area contributed by atoms with E-state index in [1.807, 2.05) is 6.92 Å². The van der Waals surface area contributed by atoms with Gasteiger partial charge in [-0.3, -0.25) is 0 Å². The lowest BCUT2D eigenvalue weighted by molar-refractivity contribution is 0.252. The molecule has 0 spiro atoms. The zero-order valence-corrected chi connectivity index (χ0v) is 12.4. The molecule has 1 aromatic rings. The van der Waals surface area contributed by atoms with Gasteiger partial charge in [0, 0.05) is 18.1 Å². The number of nitrogens with two attached hydrogens (primary N) is 1. The molecule has 0 aliphatic carbocycles. The van der Waals surface area contributed by atoms with Gasteiger partial charge in [0.2, 0.25) is 10.0 Å². The molecular weight excluding hydrogens is 288 g/mol. The summed E-state index contributed by atoms with van der Waals surface area (Å²) >= 11 is 5.76. The van der Waals surface area contributed by atoms with Crippen molar-refractivity contribution in [3.8, 4) is 0 Å². The maximum atomic E-state index is 12.5. The standard InChI is InChI=1S/C12H19ClN2O3S/c1-2-3-6-15(7-8-16)19(17,18)12-5-4-10(13)9-11(12)14/h4-5,9,16H,2-3,6-8,14H2,1H3. The third-order valence-corrected chi connectivity index (χ3v) is 4.91. The van der Waals surface area contributed by atoms with Crippen LogP contribution in [-0.4, -0.2) is 37.5 Å². The molecule has 0 saturated heterocycles. The van der Waals surface area contributed by atoms with Gasteiger partial charge < -0.3 is 10.8 Å². The van der Waals surface area contributed by atoms with Crippen molar-refractivity contribution in [3.05, 3.63) is 23.2 Å². The SMILES string of the molecule is CCCCN(CCO)S(=O)(=O)c1ccc(Cl)cc1N. The van der Waals surface area contributed by atoms with Crippen LogP contribution in [-0.2, 0) is 10.0 Å². The van der Waals surface area contributed by atoms with Crippen LogP contribution in [0.5, 0.6) is 0 Å². The molecule has 0 amide bonds. The second kappa shape index (κ2) is 7.09. The molecular formula is C12H19ClN2O3S. The van der Waals surface area contributed by atoms with E-state index < -0.39 is 10.0 Å². The maximum Gasteiger partial charge on any atom is 0.245 e. The Balaban J connectivity index is 3.11. The molecule has 1 rings (SSSR count). The highest BCUT2D eigenvalue weighted by Gasteiger charge is 2.25. The van der Waals surface area contributed by atoms with Gasteiger partial charge in [0.25, 0.3) is 0 Å². The van der Waals surface area contributed by atoms with E-state index in [1.165, 1.54) is 22.5 Å². The van der Waals surface area contributed by atoms with E-state index in [9.17, 15) is 8.42 Å². The summed E-state index contributed by atoms with van der Waals surface area (Å²) in [6.07, 6.45) is 1.60. The van der Waals surface area contributed by atoms with E-state index in [2.05, 4.69) is 0 Å². The number of rotatable bonds is 7. The first-order valence-corrected chi connectivity index (χ1v) is 7.91. The first-order valence-electron chi connectivity index (χ1n) is 6.09. The minimum atomic E-state index is -3.69. The molecule has 0 saturated carbocycles. The van der Waals surface area contributed by atoms with Crippen molar-refractivity contribution >= 4 is 27.3 Å². The monoisotopic (exact) mass is 306 g/mol. The Morgan fingerprint density at radius 1 is 1.37 bits per heavy atom. The lowest BCUT2D eigenvalue weighted by Crippen LogP contribution is -2.34. The Bertz CT molecular complexity index is 520. The van der Waals surface area contributed by atoms with Crippen molar-refractivity contribution in [1.29, 1.82) is 0 Å². The van der Waals surface area contributed by atoms with Crippen molar-refractivity contribution in [2.24, 2.45) is 0 Å². The maximum absolute atomic E-state index is 12.5. The lowest BCUT2D eigenvalue weighted by Gasteiger charge is -2.22. The zero-order valence-electron chi connectivity index (χ0n) is 10.8. The third-order valence-electron chi connectivity index (χ3n) is 2.70. The quantitative estimate of drug-likeness (QED) is 0.751. The normalized spacial score (nSPS) is 12.0. The Hall–Kier alpha value is -0.820. The molecule has 1 aromatic carbocycles. The molecule has 0 fully saturated rings. The molecule has 7 heteroatoms. The molecule has 0 bridgehead atoms. The van der Waals surface area contributed by atoms with Crippen molar-refractivity contribution < 1.29 is 13.5 Å². The molecule has 0 aliphatic rings. The van der Waals surface area contributed by atoms with Gasteiger partial charge in [0.05, 0.1) is 12.3 Å². The first-order chi connectivity index (χ1) is 8.93. The topological polar surface area (TPSA) is 83.6 Å². The largest absolute Gasteiger partial charge is 0.398 e. The van der Waals surface area contributed by atoms with Crippen LogP contribution in [0.25, 0.3) is 0 Å². The number of anilines is 1. The van der Waals surface area contributed by atoms with Gasteiger partial charge in [0.1, 0.15) is 4.90 Å². The summed E-state index contributed by atoms with van der Waals surface area (Å²) in [6, 6.07) is 4.29. The average molecular weight is 307 g/mol. The van der Waals surface area contributed by atoms with Gasteiger partial charge in [-0.05, 0) is 24.6 Å². The van der Waals surface area contributed by atoms with Crippen LogP contribution in [0.4, 0.5) is 5.69 Å². The number of halogens is 1. The van der Waals surface area contributed by atoms with Crippen LogP contribution in [0.3, 0.4) is 0 Å². The summed E-state index contributed by atoms with van der Waals surface area (Å²) in [6.45, 7) is 2.17. The number of aliphatic hydroxyl groups is 1. The first kappa shape index (κ1) is 16.2. The van der Waals surface area contributed by atoms with Gasteiger partial charge in [-0.25, -0.2) is 8.42 Å². The molecule has 0 atom stereocenters. The second-order valence-corrected chi connectivity index (χ2v) is 6.51. The molecule has 0 unspecified atom stereocenters. The molecule has 0 radical (unpaired) electrons. The van der Waals surface area contributed by atoms with E-state index in [0.717, 1.165) is 12.8 Å². The van der Waals surface area contributed by atoms with Crippen LogP contribution in [0.15, 0.2) is 23.1 Å². The highest BCUT2D eigenvalue weighted by atomic mass is 35.5. The summed E-state index contributed by atoms with van der Waals surface area (Å²) < 4.78 is 26.2. The van der Waals surface area contributed by atoms with Gasteiger partial charge in [-0.15, -0.1) is 0 Å². The van der Waals surface area contributed by atoms with E-state index in [0.29, 0.717) is 11.6 Å². The molecule has 3 N–H and O–H groups in total. The highest BCUT2D eigenvalue weighted by Crippen LogP contribution is 2.25. The van der Waals surface area contributed by atoms with Gasteiger partial charge in [0.15, 0.2) is 0 Å². The summed E-state index contributed by atoms with van der Waals surface area (Å²) in [5.41, 5.74) is 5.83. The number of hydrogen-bond acceptors (Lipinski definition) is 4. The predicted molar refractivity (Wildman–Crippen MR) is 76.6 cm³/mol. The minimum absolute atomic E-state index is 0.0291. The van der Waals surface area contributed by atoms with Crippen molar-refractivity contribution in [2.45, 2.75) is 24.7 Å². The van der Waals surface area contributed by atoms with Crippen molar-refractivity contribution in [2.75, 3.05) is 25.4 Å². The Labute approximate surface area is 119 Å². The van der Waals surface area contributed by atoms with Crippen molar-refractivity contribution in [1.82, 2.24) is 4.31 Å². The van der Waals surface area contributed by atoms with Crippen LogP contribution in [0, 0.1) is 0 Å². The van der Waals surface area contributed by atoms with E-state index in [4.69, 9.17) is 22.4 Å². The molecule has 19 heavy (non-hydrogen) atoms. The zero-order chi connectivity index (χ0) is 14.5. The number of sulfonamides is 1. The molecule has 5 nitrogen and oxygen atoms in total. The van der Waals surface area contributed by atoms with E-state index in [1.54, 1.807) is 0 Å². The number of nitrogens with zero attached hydrogens (tertiary/aromatic N) is 1. The summed E-state index contributed by atoms with van der Waals surface area (Å²) in [7, 11) is -3.69. The molecule has 0 heterocycles. The van der Waals surface area contributed by atoms with Crippen LogP contribution >= 0.6 is 11.6 Å². The smallest absolute Gasteiger partial charge is 0.245 e. The highest BCUT2D eigenvalue weighted by molar-refractivity contribution is 7.89. The van der Waals surface area contributed by atoms with Crippen LogP contribution in [0.2, 0.25) is 5.02 Å². The predicted octanol–water partition coefficient (Wildman–Crippen LogP) is 1.71. The summed E-state index contributed by atoms with van der Waals surface area (Å²) in [5.74, 6) is 0. The third kappa shape index (κ3) is 4.07. The fraction of sp³-hybridized carbons (Fsp3) is 0.500. The van der Waals surface area contributed by atoms with Gasteiger partial charge >= 0.3 is 0 Å². The Morgan fingerprint density at radius 3 is 2.58 bits per heavy atom. The Kier molecular flexibility index (Phi) is 6.06. The van der Waals surface area contributed by atoms with E-state index >= 15 is 0 Å². The van der Waals surface area contributed by atoms with Crippen LogP contribution < -0.4 is 5.73 Å². The van der Waals surface area contributed by atoms with Crippen LogP contribution in [0.1, 0.15) is 19.8 Å². The Morgan fingerprint density at radius 2 is 2.05 bits per heavy atom. The van der Waals surface area contributed by atoms with Crippen molar-refractivity contribution in [3.63, 3.8) is 0 Å². The lowest BCUT2D eigenvalue weighted by atomic mass is 10.3. The van der Waals surface area contributed by atoms with Gasteiger partial charge in [-0.2, -0.15) is 4.31 Å². The number of aliphatic hydroxyl groups excluding tert-OH is 1. The van der Waals surface area contributed by atoms with Gasteiger partial charge in [-0.1, -0.05) is 24.9 Å². The number of nitrogen functional groups attached to an aromatic ring is 1. The van der Waals surface area contributed by atoms with E-state index in [-0.39, 0.29) is 23.7 Å². The molecule has 108 valence electrons. The summed E-state index contributed by atoms with van der Waals surface area (Å²) in [4.78, 5) is 0.0291. The second-order valence-electron chi connectivity index (χ2n) is 4.16. The average Bonchev–Trinajstić information content (AvgIpc) is 2.33. The fourth-order valence-corrected chi connectivity index (χ4v) is 3.44. The molecule has 0 aliphatic heterocycles. The molecule has 0 aromatic heterocycles. The number of hydrogen-bond donors (Lipinski definition) is 2. The summed E-state index contributed by atoms with van der Waals surface area (Å²) in [5, 5.41) is 9.39. The number of unbranched alkanes of at least 4 members (excludes halogenated alkanes) is 1. The number of benzene rings is 1. The fourth-order valence-electron chi connectivity index (χ4n) is 1.69.